The van der Waals surface area contributed by atoms with Gasteiger partial charge in [-0.25, -0.2) is 4.39 Å². The molecule has 20 heavy (non-hydrogen) atoms. The van der Waals surface area contributed by atoms with Gasteiger partial charge in [-0.05, 0) is 36.6 Å². The summed E-state index contributed by atoms with van der Waals surface area (Å²) in [5.74, 6) is -0.197. The van der Waals surface area contributed by atoms with Crippen molar-refractivity contribution < 1.29 is 4.39 Å². The second-order valence-corrected chi connectivity index (χ2v) is 6.53. The lowest BCUT2D eigenvalue weighted by atomic mass is 9.79. The molecule has 0 amide bonds. The average molecular weight is 297 g/mol. The Morgan fingerprint density at radius 3 is 2.85 bits per heavy atom. The molecule has 1 saturated carbocycles. The van der Waals surface area contributed by atoms with E-state index in [1.165, 1.54) is 38.2 Å². The molecule has 1 aromatic carbocycles. The highest BCUT2D eigenvalue weighted by Gasteiger charge is 2.39. The van der Waals surface area contributed by atoms with Crippen LogP contribution in [-0.4, -0.2) is 30.1 Å². The van der Waals surface area contributed by atoms with Gasteiger partial charge in [0.25, 0.3) is 0 Å². The fourth-order valence-corrected chi connectivity index (χ4v) is 3.88. The number of hydrogen-bond acceptors (Lipinski definition) is 2. The van der Waals surface area contributed by atoms with E-state index in [0.29, 0.717) is 5.02 Å². The van der Waals surface area contributed by atoms with Crippen LogP contribution >= 0.6 is 11.6 Å². The maximum atomic E-state index is 13.4. The molecule has 1 aliphatic heterocycles. The predicted octanol–water partition coefficient (Wildman–Crippen LogP) is 3.59. The first-order chi connectivity index (χ1) is 9.70. The Morgan fingerprint density at radius 2 is 2.05 bits per heavy atom. The fourth-order valence-electron chi connectivity index (χ4n) is 3.70. The highest BCUT2D eigenvalue weighted by Crippen LogP contribution is 2.36. The van der Waals surface area contributed by atoms with E-state index in [-0.39, 0.29) is 11.4 Å². The molecule has 2 fully saturated rings. The van der Waals surface area contributed by atoms with Crippen molar-refractivity contribution >= 4 is 11.6 Å². The van der Waals surface area contributed by atoms with Crippen LogP contribution in [0.25, 0.3) is 0 Å². The molecule has 0 bridgehead atoms. The molecule has 4 heteroatoms. The van der Waals surface area contributed by atoms with Crippen molar-refractivity contribution in [2.75, 3.05) is 19.6 Å². The summed E-state index contributed by atoms with van der Waals surface area (Å²) >= 11 is 6.23. The van der Waals surface area contributed by atoms with Crippen molar-refractivity contribution in [3.63, 3.8) is 0 Å². The van der Waals surface area contributed by atoms with Gasteiger partial charge in [0, 0.05) is 36.7 Å². The van der Waals surface area contributed by atoms with Gasteiger partial charge in [0.1, 0.15) is 5.82 Å². The third kappa shape index (κ3) is 2.85. The first-order valence-corrected chi connectivity index (χ1v) is 7.97. The number of hydrogen-bond donors (Lipinski definition) is 1. The Bertz CT molecular complexity index is 463. The Balaban J connectivity index is 1.81. The quantitative estimate of drug-likeness (QED) is 0.897. The van der Waals surface area contributed by atoms with Crippen LogP contribution in [0.2, 0.25) is 5.02 Å². The molecule has 110 valence electrons. The van der Waals surface area contributed by atoms with E-state index in [0.717, 1.165) is 31.7 Å². The van der Waals surface area contributed by atoms with E-state index < -0.39 is 0 Å². The molecule has 0 unspecified atom stereocenters. The molecular formula is C16H22ClFN2. The number of nitrogens with one attached hydrogen (secondary N) is 1. The number of halogens is 2. The van der Waals surface area contributed by atoms with Crippen LogP contribution < -0.4 is 5.32 Å². The summed E-state index contributed by atoms with van der Waals surface area (Å²) < 4.78 is 13.4. The number of nitrogens with zero attached hydrogens (tertiary/aromatic N) is 1. The monoisotopic (exact) mass is 296 g/mol. The molecule has 0 aromatic heterocycles. The van der Waals surface area contributed by atoms with Gasteiger partial charge in [0.05, 0.1) is 0 Å². The van der Waals surface area contributed by atoms with Crippen LogP contribution in [0.1, 0.15) is 37.7 Å². The molecule has 1 heterocycles. The van der Waals surface area contributed by atoms with Crippen LogP contribution in [0, 0.1) is 5.82 Å². The van der Waals surface area contributed by atoms with E-state index in [1.807, 2.05) is 0 Å². The number of piperazine rings is 1. The van der Waals surface area contributed by atoms with E-state index in [4.69, 9.17) is 11.6 Å². The van der Waals surface area contributed by atoms with Crippen LogP contribution in [0.3, 0.4) is 0 Å². The third-order valence-electron chi connectivity index (χ3n) is 4.84. The Morgan fingerprint density at radius 1 is 1.25 bits per heavy atom. The lowest BCUT2D eigenvalue weighted by Gasteiger charge is -2.50. The van der Waals surface area contributed by atoms with Crippen molar-refractivity contribution in [3.8, 4) is 0 Å². The van der Waals surface area contributed by atoms with Gasteiger partial charge >= 0.3 is 0 Å². The van der Waals surface area contributed by atoms with E-state index in [1.54, 1.807) is 12.1 Å². The highest BCUT2D eigenvalue weighted by atomic mass is 35.5. The molecule has 1 aromatic rings. The maximum Gasteiger partial charge on any atom is 0.123 e. The smallest absolute Gasteiger partial charge is 0.123 e. The second-order valence-electron chi connectivity index (χ2n) is 6.12. The van der Waals surface area contributed by atoms with Gasteiger partial charge < -0.3 is 5.32 Å². The molecule has 1 spiro atoms. The van der Waals surface area contributed by atoms with E-state index in [2.05, 4.69) is 10.2 Å². The van der Waals surface area contributed by atoms with Crippen LogP contribution in [-0.2, 0) is 6.54 Å². The summed E-state index contributed by atoms with van der Waals surface area (Å²) in [6.45, 7) is 3.85. The molecule has 0 radical (unpaired) electrons. The predicted molar refractivity (Wildman–Crippen MR) is 80.5 cm³/mol. The number of benzene rings is 1. The van der Waals surface area contributed by atoms with Crippen molar-refractivity contribution in [2.24, 2.45) is 0 Å². The van der Waals surface area contributed by atoms with Crippen molar-refractivity contribution in [1.82, 2.24) is 10.2 Å². The van der Waals surface area contributed by atoms with Crippen molar-refractivity contribution in [3.05, 3.63) is 34.6 Å². The van der Waals surface area contributed by atoms with Gasteiger partial charge in [-0.3, -0.25) is 4.90 Å². The zero-order chi connectivity index (χ0) is 14.0. The third-order valence-corrected chi connectivity index (χ3v) is 5.21. The fraction of sp³-hybridized carbons (Fsp3) is 0.625. The topological polar surface area (TPSA) is 15.3 Å². The molecule has 1 aliphatic carbocycles. The summed E-state index contributed by atoms with van der Waals surface area (Å²) in [6.07, 6.45) is 6.43. The maximum absolute atomic E-state index is 13.4. The lowest BCUT2D eigenvalue weighted by molar-refractivity contribution is 0.0208. The molecule has 2 nitrogen and oxygen atoms in total. The van der Waals surface area contributed by atoms with Gasteiger partial charge in [-0.2, -0.15) is 0 Å². The molecule has 1 N–H and O–H groups in total. The molecule has 3 rings (SSSR count). The zero-order valence-corrected chi connectivity index (χ0v) is 12.6. The zero-order valence-electron chi connectivity index (χ0n) is 11.8. The van der Waals surface area contributed by atoms with Gasteiger partial charge in [0.15, 0.2) is 0 Å². The summed E-state index contributed by atoms with van der Waals surface area (Å²) in [5, 5.41) is 4.22. The van der Waals surface area contributed by atoms with Crippen molar-refractivity contribution in [1.29, 1.82) is 0 Å². The summed E-state index contributed by atoms with van der Waals surface area (Å²) in [6, 6.07) is 4.68. The number of rotatable bonds is 2. The van der Waals surface area contributed by atoms with Crippen LogP contribution in [0.4, 0.5) is 4.39 Å². The minimum atomic E-state index is -0.197. The van der Waals surface area contributed by atoms with Crippen LogP contribution in [0.5, 0.6) is 0 Å². The van der Waals surface area contributed by atoms with Gasteiger partial charge in [-0.1, -0.05) is 30.9 Å². The first-order valence-electron chi connectivity index (χ1n) is 7.59. The standard InChI is InChI=1S/C16H22ClFN2/c17-15-5-4-14(18)10-13(15)11-20-9-8-19-12-16(20)6-2-1-3-7-16/h4-5,10,19H,1-3,6-9,11-12H2. The minimum Gasteiger partial charge on any atom is -0.314 e. The Hall–Kier alpha value is -0.640. The van der Waals surface area contributed by atoms with Crippen LogP contribution in [0.15, 0.2) is 18.2 Å². The Labute approximate surface area is 125 Å². The first kappa shape index (κ1) is 14.3. The molecule has 2 aliphatic rings. The summed E-state index contributed by atoms with van der Waals surface area (Å²) in [7, 11) is 0. The Kier molecular flexibility index (Phi) is 4.29. The SMILES string of the molecule is Fc1ccc(Cl)c(CN2CCNCC23CCCCC3)c1. The van der Waals surface area contributed by atoms with Crippen molar-refractivity contribution in [2.45, 2.75) is 44.2 Å². The minimum absolute atomic E-state index is 0.197. The highest BCUT2D eigenvalue weighted by molar-refractivity contribution is 6.31. The van der Waals surface area contributed by atoms with E-state index >= 15 is 0 Å². The van der Waals surface area contributed by atoms with E-state index in [9.17, 15) is 4.39 Å². The van der Waals surface area contributed by atoms with Gasteiger partial charge in [0.2, 0.25) is 0 Å². The summed E-state index contributed by atoms with van der Waals surface area (Å²) in [5.41, 5.74) is 1.17. The molecule has 0 atom stereocenters. The molecule has 1 saturated heterocycles. The normalized spacial score (nSPS) is 23.1. The second kappa shape index (κ2) is 6.00. The average Bonchev–Trinajstić information content (AvgIpc) is 2.46. The summed E-state index contributed by atoms with van der Waals surface area (Å²) in [4.78, 5) is 2.53. The van der Waals surface area contributed by atoms with Gasteiger partial charge in [-0.15, -0.1) is 0 Å². The molecular weight excluding hydrogens is 275 g/mol. The largest absolute Gasteiger partial charge is 0.314 e. The lowest BCUT2D eigenvalue weighted by Crippen LogP contribution is -2.61.